The number of benzene rings is 2. The van der Waals surface area contributed by atoms with Gasteiger partial charge < -0.3 is 10.6 Å². The molecule has 0 saturated heterocycles. The number of aryl methyl sites for hydroxylation is 1. The molecule has 2 N–H and O–H groups in total. The molecule has 2 atom stereocenters. The lowest BCUT2D eigenvalue weighted by Crippen LogP contribution is -2.34. The molecule has 0 heterocycles. The molecular formula is C20H14Cl3F5N2O2. The topological polar surface area (TPSA) is 58.2 Å². The van der Waals surface area contributed by atoms with Gasteiger partial charge in [0.15, 0.2) is 0 Å². The summed E-state index contributed by atoms with van der Waals surface area (Å²) in [5.74, 6) is -5.39. The highest BCUT2D eigenvalue weighted by Gasteiger charge is 2.67. The third-order valence-corrected chi connectivity index (χ3v) is 6.08. The summed E-state index contributed by atoms with van der Waals surface area (Å²) >= 11 is 18.2. The highest BCUT2D eigenvalue weighted by atomic mass is 35.5. The molecular weight excluding hydrogens is 502 g/mol. The summed E-state index contributed by atoms with van der Waals surface area (Å²) in [4.78, 5) is 24.7. The molecule has 3 rings (SSSR count). The van der Waals surface area contributed by atoms with Crippen LogP contribution in [0.3, 0.4) is 0 Å². The van der Waals surface area contributed by atoms with E-state index < -0.39 is 57.9 Å². The molecule has 32 heavy (non-hydrogen) atoms. The Morgan fingerprint density at radius 3 is 2.38 bits per heavy atom. The molecule has 1 aliphatic rings. The number of anilines is 1. The van der Waals surface area contributed by atoms with Gasteiger partial charge in [0.2, 0.25) is 5.91 Å². The SMILES string of the molecule is Cc1cc(NC(=O)C2C(c3ccc(F)c(Cl)c3)C2(Cl)Cl)cc(C(=O)NCC(F)(F)F)c1F. The fraction of sp³-hybridized carbons (Fsp3) is 0.300. The van der Waals surface area contributed by atoms with Crippen molar-refractivity contribution < 1.29 is 31.5 Å². The zero-order chi connectivity index (χ0) is 24.0. The number of alkyl halides is 5. The molecule has 2 aromatic carbocycles. The van der Waals surface area contributed by atoms with E-state index in [9.17, 15) is 31.5 Å². The Balaban J connectivity index is 1.79. The molecule has 1 fully saturated rings. The molecule has 0 aromatic heterocycles. The van der Waals surface area contributed by atoms with Crippen LogP contribution in [0.4, 0.5) is 27.6 Å². The van der Waals surface area contributed by atoms with Crippen LogP contribution in [0.2, 0.25) is 5.02 Å². The van der Waals surface area contributed by atoms with Crippen LogP contribution in [0.25, 0.3) is 0 Å². The smallest absolute Gasteiger partial charge is 0.343 e. The average Bonchev–Trinajstić information content (AvgIpc) is 3.26. The standard InChI is InChI=1S/C20H14Cl3F5N2O2/c1-8-4-10(6-11(16(8)25)17(31)29-7-19(26,27)28)30-18(32)15-14(20(15,22)23)9-2-3-13(24)12(21)5-9/h2-6,14-15H,7H2,1H3,(H,29,31)(H,30,32). The van der Waals surface area contributed by atoms with Crippen molar-refractivity contribution in [1.82, 2.24) is 5.32 Å². The summed E-state index contributed by atoms with van der Waals surface area (Å²) in [6.07, 6.45) is -4.68. The molecule has 4 nitrogen and oxygen atoms in total. The van der Waals surface area contributed by atoms with Crippen LogP contribution in [-0.2, 0) is 4.79 Å². The van der Waals surface area contributed by atoms with E-state index in [-0.39, 0.29) is 16.3 Å². The fourth-order valence-corrected chi connectivity index (χ4v) is 4.29. The van der Waals surface area contributed by atoms with Crippen LogP contribution in [-0.4, -0.2) is 28.9 Å². The number of rotatable bonds is 5. The summed E-state index contributed by atoms with van der Waals surface area (Å²) in [5.41, 5.74) is -0.382. The van der Waals surface area contributed by atoms with Crippen molar-refractivity contribution in [2.75, 3.05) is 11.9 Å². The predicted molar refractivity (Wildman–Crippen MR) is 110 cm³/mol. The van der Waals surface area contributed by atoms with E-state index in [1.54, 1.807) is 5.32 Å². The monoisotopic (exact) mass is 514 g/mol. The fourth-order valence-electron chi connectivity index (χ4n) is 3.28. The Morgan fingerprint density at radius 2 is 1.78 bits per heavy atom. The van der Waals surface area contributed by atoms with Crippen LogP contribution in [0.15, 0.2) is 30.3 Å². The second-order valence-corrected chi connectivity index (χ2v) is 9.10. The largest absolute Gasteiger partial charge is 0.405 e. The zero-order valence-electron chi connectivity index (χ0n) is 16.1. The van der Waals surface area contributed by atoms with Gasteiger partial charge in [-0.3, -0.25) is 9.59 Å². The highest BCUT2D eigenvalue weighted by molar-refractivity contribution is 6.53. The van der Waals surface area contributed by atoms with Crippen LogP contribution in [0.1, 0.15) is 27.4 Å². The van der Waals surface area contributed by atoms with E-state index in [4.69, 9.17) is 34.8 Å². The molecule has 172 valence electrons. The summed E-state index contributed by atoms with van der Waals surface area (Å²) in [6, 6.07) is 5.87. The van der Waals surface area contributed by atoms with Crippen LogP contribution in [0.5, 0.6) is 0 Å². The second-order valence-electron chi connectivity index (χ2n) is 7.25. The molecule has 0 bridgehead atoms. The van der Waals surface area contributed by atoms with Crippen LogP contribution < -0.4 is 10.6 Å². The number of carbonyl (C=O) groups is 2. The van der Waals surface area contributed by atoms with Gasteiger partial charge in [-0.05, 0) is 42.3 Å². The highest BCUT2D eigenvalue weighted by Crippen LogP contribution is 2.65. The Kier molecular flexibility index (Phi) is 6.66. The van der Waals surface area contributed by atoms with Gasteiger partial charge in [0.25, 0.3) is 5.91 Å². The minimum absolute atomic E-state index is 0.0435. The summed E-state index contributed by atoms with van der Waals surface area (Å²) in [5, 5.41) is 3.83. The van der Waals surface area contributed by atoms with Crippen molar-refractivity contribution in [3.63, 3.8) is 0 Å². The van der Waals surface area contributed by atoms with E-state index in [1.165, 1.54) is 25.1 Å². The minimum atomic E-state index is -4.68. The third-order valence-electron chi connectivity index (χ3n) is 4.85. The first kappa shape index (κ1) is 24.5. The lowest BCUT2D eigenvalue weighted by atomic mass is 10.1. The van der Waals surface area contributed by atoms with E-state index in [0.29, 0.717) is 5.56 Å². The molecule has 0 radical (unpaired) electrons. The Morgan fingerprint density at radius 1 is 1.12 bits per heavy atom. The van der Waals surface area contributed by atoms with Crippen LogP contribution in [0, 0.1) is 24.5 Å². The third kappa shape index (κ3) is 5.10. The van der Waals surface area contributed by atoms with Crippen molar-refractivity contribution in [2.24, 2.45) is 5.92 Å². The first-order chi connectivity index (χ1) is 14.7. The normalized spacial score (nSPS) is 19.4. The van der Waals surface area contributed by atoms with Gasteiger partial charge >= 0.3 is 6.18 Å². The van der Waals surface area contributed by atoms with Gasteiger partial charge in [-0.15, -0.1) is 23.2 Å². The predicted octanol–water partition coefficient (Wildman–Crippen LogP) is 5.74. The minimum Gasteiger partial charge on any atom is -0.343 e. The Bertz CT molecular complexity index is 1090. The summed E-state index contributed by atoms with van der Waals surface area (Å²) in [7, 11) is 0. The number of amides is 2. The Labute approximate surface area is 194 Å². The van der Waals surface area contributed by atoms with Gasteiger partial charge in [0, 0.05) is 11.6 Å². The van der Waals surface area contributed by atoms with Gasteiger partial charge in [-0.25, -0.2) is 8.78 Å². The number of hydrogen-bond donors (Lipinski definition) is 2. The maximum Gasteiger partial charge on any atom is 0.405 e. The number of halogens is 8. The lowest BCUT2D eigenvalue weighted by molar-refractivity contribution is -0.123. The lowest BCUT2D eigenvalue weighted by Gasteiger charge is -2.12. The molecule has 1 aliphatic carbocycles. The van der Waals surface area contributed by atoms with Gasteiger partial charge in [-0.1, -0.05) is 17.7 Å². The maximum atomic E-state index is 14.3. The average molecular weight is 516 g/mol. The molecule has 12 heteroatoms. The molecule has 0 spiro atoms. The number of hydrogen-bond acceptors (Lipinski definition) is 2. The van der Waals surface area contributed by atoms with Gasteiger partial charge in [0.1, 0.15) is 22.5 Å². The molecule has 2 unspecified atom stereocenters. The summed E-state index contributed by atoms with van der Waals surface area (Å²) in [6.45, 7) is -0.370. The van der Waals surface area contributed by atoms with E-state index >= 15 is 0 Å². The first-order valence-electron chi connectivity index (χ1n) is 9.01. The molecule has 1 saturated carbocycles. The number of nitrogens with one attached hydrogen (secondary N) is 2. The van der Waals surface area contributed by atoms with Crippen molar-refractivity contribution >= 4 is 52.3 Å². The summed E-state index contributed by atoms with van der Waals surface area (Å²) < 4.78 is 63.2. The maximum absolute atomic E-state index is 14.3. The van der Waals surface area contributed by atoms with Crippen LogP contribution >= 0.6 is 34.8 Å². The Hall–Kier alpha value is -2.10. The second kappa shape index (κ2) is 8.68. The molecule has 2 amide bonds. The zero-order valence-corrected chi connectivity index (χ0v) is 18.4. The van der Waals surface area contributed by atoms with Gasteiger partial charge in [0.05, 0.1) is 16.5 Å². The van der Waals surface area contributed by atoms with Crippen molar-refractivity contribution in [2.45, 2.75) is 23.4 Å². The first-order valence-corrected chi connectivity index (χ1v) is 10.1. The molecule has 0 aliphatic heterocycles. The van der Waals surface area contributed by atoms with E-state index in [2.05, 4.69) is 5.32 Å². The van der Waals surface area contributed by atoms with E-state index in [0.717, 1.165) is 12.1 Å². The van der Waals surface area contributed by atoms with Crippen molar-refractivity contribution in [3.8, 4) is 0 Å². The van der Waals surface area contributed by atoms with Gasteiger partial charge in [-0.2, -0.15) is 13.2 Å². The molecule has 2 aromatic rings. The van der Waals surface area contributed by atoms with Crippen molar-refractivity contribution in [1.29, 1.82) is 0 Å². The quantitative estimate of drug-likeness (QED) is 0.394. The van der Waals surface area contributed by atoms with Crippen molar-refractivity contribution in [3.05, 3.63) is 63.7 Å². The number of carbonyl (C=O) groups excluding carboxylic acids is 2. The van der Waals surface area contributed by atoms with E-state index in [1.807, 2.05) is 0 Å².